The first kappa shape index (κ1) is 30.5. The molecule has 1 aliphatic carbocycles. The molecule has 2 aromatic rings. The number of aromatic nitrogens is 2. The summed E-state index contributed by atoms with van der Waals surface area (Å²) >= 11 is 0. The van der Waals surface area contributed by atoms with Crippen molar-refractivity contribution < 1.29 is 14.3 Å². The van der Waals surface area contributed by atoms with Crippen molar-refractivity contribution >= 4 is 24.2 Å². The van der Waals surface area contributed by atoms with Crippen LogP contribution in [0.1, 0.15) is 68.3 Å². The van der Waals surface area contributed by atoms with E-state index in [9.17, 15) is 9.59 Å². The molecule has 3 heterocycles. The molecule has 5 rings (SSSR count). The molecule has 1 saturated carbocycles. The Kier molecular flexibility index (Phi) is 10.7. The molecule has 40 heavy (non-hydrogen) atoms. The highest BCUT2D eigenvalue weighted by Crippen LogP contribution is 2.32. The summed E-state index contributed by atoms with van der Waals surface area (Å²) in [6, 6.07) is 9.48. The molecule has 2 aliphatic heterocycles. The van der Waals surface area contributed by atoms with Gasteiger partial charge in [-0.1, -0.05) is 50.3 Å². The van der Waals surface area contributed by atoms with Crippen LogP contribution in [0.15, 0.2) is 30.3 Å². The van der Waals surface area contributed by atoms with Gasteiger partial charge in [-0.3, -0.25) is 14.5 Å². The molecule has 9 heteroatoms. The lowest BCUT2D eigenvalue weighted by Gasteiger charge is -2.45. The predicted molar refractivity (Wildman–Crippen MR) is 159 cm³/mol. The fraction of sp³-hybridized carbons (Fsp3) is 0.645. The maximum Gasteiger partial charge on any atom is 0.245 e. The minimum Gasteiger partial charge on any atom is -0.383 e. The monoisotopic (exact) mass is 571 g/mol. The Labute approximate surface area is 245 Å². The van der Waals surface area contributed by atoms with Crippen molar-refractivity contribution in [2.24, 2.45) is 11.8 Å². The average Bonchev–Trinajstić information content (AvgIpc) is 3.24. The van der Waals surface area contributed by atoms with Crippen LogP contribution < -0.4 is 5.32 Å². The number of benzene rings is 1. The van der Waals surface area contributed by atoms with Crippen molar-refractivity contribution in [2.75, 3.05) is 33.4 Å². The number of piperazine rings is 1. The van der Waals surface area contributed by atoms with Crippen molar-refractivity contribution in [1.82, 2.24) is 24.9 Å². The third-order valence-corrected chi connectivity index (χ3v) is 9.23. The molecule has 0 radical (unpaired) electrons. The maximum atomic E-state index is 13.6. The van der Waals surface area contributed by atoms with E-state index in [1.54, 1.807) is 7.11 Å². The van der Waals surface area contributed by atoms with Gasteiger partial charge in [-0.25, -0.2) is 4.68 Å². The number of rotatable bonds is 9. The van der Waals surface area contributed by atoms with Crippen LogP contribution in [0.2, 0.25) is 0 Å². The zero-order valence-electron chi connectivity index (χ0n) is 24.3. The van der Waals surface area contributed by atoms with E-state index in [2.05, 4.69) is 36.2 Å². The van der Waals surface area contributed by atoms with E-state index in [1.807, 2.05) is 27.8 Å². The van der Waals surface area contributed by atoms with Gasteiger partial charge in [0.15, 0.2) is 0 Å². The number of nitrogens with one attached hydrogen (secondary N) is 1. The molecule has 0 spiro atoms. The van der Waals surface area contributed by atoms with Gasteiger partial charge in [0.1, 0.15) is 12.1 Å². The second kappa shape index (κ2) is 14.0. The van der Waals surface area contributed by atoms with Gasteiger partial charge in [-0.05, 0) is 70.2 Å². The highest BCUT2D eigenvalue weighted by Gasteiger charge is 2.45. The maximum absolute atomic E-state index is 13.6. The predicted octanol–water partition coefficient (Wildman–Crippen LogP) is 4.44. The molecule has 1 unspecified atom stereocenters. The van der Waals surface area contributed by atoms with Crippen molar-refractivity contribution in [3.05, 3.63) is 47.3 Å². The molecule has 0 bridgehead atoms. The van der Waals surface area contributed by atoms with E-state index < -0.39 is 6.04 Å². The zero-order chi connectivity index (χ0) is 27.4. The van der Waals surface area contributed by atoms with Crippen LogP contribution in [0.25, 0.3) is 5.69 Å². The van der Waals surface area contributed by atoms with Crippen LogP contribution >= 0.6 is 12.4 Å². The lowest BCUT2D eigenvalue weighted by atomic mass is 9.82. The van der Waals surface area contributed by atoms with E-state index in [1.165, 1.54) is 43.4 Å². The van der Waals surface area contributed by atoms with Crippen LogP contribution in [-0.2, 0) is 20.9 Å². The fourth-order valence-electron chi connectivity index (χ4n) is 7.00. The molecule has 2 amide bonds. The number of methoxy groups -OCH3 is 1. The third kappa shape index (κ3) is 6.72. The molecule has 2 saturated heterocycles. The first-order valence-electron chi connectivity index (χ1n) is 14.9. The number of carbonyl (C=O) groups excluding carboxylic acids is 2. The molecule has 1 N–H and O–H groups in total. The summed E-state index contributed by atoms with van der Waals surface area (Å²) in [5.74, 6) is 0.812. The van der Waals surface area contributed by atoms with Crippen molar-refractivity contribution in [1.29, 1.82) is 0 Å². The molecule has 8 nitrogen and oxygen atoms in total. The first-order chi connectivity index (χ1) is 19.0. The number of nitrogens with zero attached hydrogens (tertiary/aromatic N) is 4. The standard InChI is InChI=1S/C31H45N5O3.ClH/c1-22-27(23(2)36(33-22)26-12-8-5-9-13-26)21-34-16-14-25(15-17-34)29-30(37)32-28(20-24-10-6-4-7-11-24)31(38)35(29)18-19-39-3;/h5,8-9,12-13,24-25,28-29H,4,6-7,10-11,14-21H2,1-3H3,(H,32,37);1H/t28-,29?;/m0./s1. The highest BCUT2D eigenvalue weighted by atomic mass is 35.5. The number of hydrogen-bond acceptors (Lipinski definition) is 5. The number of piperidine rings is 1. The minimum absolute atomic E-state index is 0. The quantitative estimate of drug-likeness (QED) is 0.481. The first-order valence-corrected chi connectivity index (χ1v) is 14.9. The molecule has 1 aromatic heterocycles. The summed E-state index contributed by atoms with van der Waals surface area (Å²) in [5, 5.41) is 7.98. The molecule has 220 valence electrons. The van der Waals surface area contributed by atoms with Crippen LogP contribution in [0.5, 0.6) is 0 Å². The van der Waals surface area contributed by atoms with E-state index >= 15 is 0 Å². The fourth-order valence-corrected chi connectivity index (χ4v) is 7.00. The third-order valence-electron chi connectivity index (χ3n) is 9.23. The Balaban J connectivity index is 0.00000370. The minimum atomic E-state index is -0.401. The number of carbonyl (C=O) groups is 2. The van der Waals surface area contributed by atoms with E-state index in [-0.39, 0.29) is 36.2 Å². The Bertz CT molecular complexity index is 1130. The molecular weight excluding hydrogens is 526 g/mol. The summed E-state index contributed by atoms with van der Waals surface area (Å²) in [6.07, 6.45) is 8.66. The van der Waals surface area contributed by atoms with Crippen molar-refractivity contribution in [3.63, 3.8) is 0 Å². The number of likely N-dealkylation sites (tertiary alicyclic amines) is 1. The topological polar surface area (TPSA) is 79.7 Å². The number of aryl methyl sites for hydroxylation is 1. The van der Waals surface area contributed by atoms with Gasteiger partial charge in [0, 0.05) is 31.5 Å². The SMILES string of the molecule is COCCN1C(=O)[C@H](CC2CCCCC2)NC(=O)C1C1CCN(Cc2c(C)nn(-c3ccccc3)c2C)CC1.Cl. The van der Waals surface area contributed by atoms with Gasteiger partial charge in [0.25, 0.3) is 0 Å². The number of amides is 2. The summed E-state index contributed by atoms with van der Waals surface area (Å²) in [4.78, 5) is 31.5. The molecule has 1 aromatic carbocycles. The van der Waals surface area contributed by atoms with Crippen LogP contribution in [0.3, 0.4) is 0 Å². The number of halogens is 1. The van der Waals surface area contributed by atoms with Crippen LogP contribution in [0.4, 0.5) is 0 Å². The van der Waals surface area contributed by atoms with Crippen LogP contribution in [-0.4, -0.2) is 76.8 Å². The second-order valence-corrected chi connectivity index (χ2v) is 11.8. The summed E-state index contributed by atoms with van der Waals surface area (Å²) in [6.45, 7) is 7.82. The lowest BCUT2D eigenvalue weighted by Crippen LogP contribution is -2.66. The summed E-state index contributed by atoms with van der Waals surface area (Å²) in [7, 11) is 1.66. The van der Waals surface area contributed by atoms with E-state index in [4.69, 9.17) is 9.84 Å². The number of para-hydroxylation sites is 1. The van der Waals surface area contributed by atoms with E-state index in [0.717, 1.165) is 50.3 Å². The molecule has 3 aliphatic rings. The molecular formula is C31H46ClN5O3. The molecule has 3 fully saturated rings. The summed E-state index contributed by atoms with van der Waals surface area (Å²) < 4.78 is 7.38. The van der Waals surface area contributed by atoms with Crippen molar-refractivity contribution in [2.45, 2.75) is 83.8 Å². The normalized spacial score (nSPS) is 23.2. The Morgan fingerprint density at radius 3 is 2.38 bits per heavy atom. The van der Waals surface area contributed by atoms with Gasteiger partial charge in [0.05, 0.1) is 18.0 Å². The van der Waals surface area contributed by atoms with Crippen LogP contribution in [0, 0.1) is 25.7 Å². The summed E-state index contributed by atoms with van der Waals surface area (Å²) in [5.41, 5.74) is 4.59. The van der Waals surface area contributed by atoms with Crippen molar-refractivity contribution in [3.8, 4) is 5.69 Å². The van der Waals surface area contributed by atoms with Gasteiger partial charge in [-0.2, -0.15) is 5.10 Å². The lowest BCUT2D eigenvalue weighted by molar-refractivity contribution is -0.153. The Hall–Kier alpha value is -2.42. The number of hydrogen-bond donors (Lipinski definition) is 1. The van der Waals surface area contributed by atoms with Gasteiger partial charge in [-0.15, -0.1) is 12.4 Å². The molecule has 2 atom stereocenters. The highest BCUT2D eigenvalue weighted by molar-refractivity contribution is 5.97. The number of ether oxygens (including phenoxy) is 1. The average molecular weight is 572 g/mol. The smallest absolute Gasteiger partial charge is 0.245 e. The van der Waals surface area contributed by atoms with E-state index in [0.29, 0.717) is 19.1 Å². The van der Waals surface area contributed by atoms with Gasteiger partial charge >= 0.3 is 0 Å². The largest absolute Gasteiger partial charge is 0.383 e. The van der Waals surface area contributed by atoms with Gasteiger partial charge in [0.2, 0.25) is 11.8 Å². The Morgan fingerprint density at radius 2 is 1.70 bits per heavy atom. The zero-order valence-corrected chi connectivity index (χ0v) is 25.1. The Morgan fingerprint density at radius 1 is 1.00 bits per heavy atom. The second-order valence-electron chi connectivity index (χ2n) is 11.8. The van der Waals surface area contributed by atoms with Gasteiger partial charge < -0.3 is 15.0 Å².